The normalized spacial score (nSPS) is 18.7. The molecule has 0 N–H and O–H groups in total. The van der Waals surface area contributed by atoms with E-state index in [0.29, 0.717) is 17.1 Å². The molecule has 5 nitrogen and oxygen atoms in total. The Kier molecular flexibility index (Phi) is 6.59. The fraction of sp³-hybridized carbons (Fsp3) is 0.588. The molecule has 0 radical (unpaired) electrons. The maximum absolute atomic E-state index is 13.1. The summed E-state index contributed by atoms with van der Waals surface area (Å²) < 4.78 is 10.6. The average molecular weight is 338 g/mol. The van der Waals surface area contributed by atoms with Crippen LogP contribution in [0.5, 0.6) is 11.5 Å². The quantitative estimate of drug-likeness (QED) is 0.823. The zero-order valence-corrected chi connectivity index (χ0v) is 15.2. The Balaban J connectivity index is 2.28. The first kappa shape index (κ1) is 17.9. The van der Waals surface area contributed by atoms with E-state index >= 15 is 0 Å². The molecule has 1 heterocycles. The minimum Gasteiger partial charge on any atom is -0.497 e. The lowest BCUT2D eigenvalue weighted by atomic mass is 10.1. The van der Waals surface area contributed by atoms with Gasteiger partial charge in [0.05, 0.1) is 20.3 Å². The van der Waals surface area contributed by atoms with Crippen molar-refractivity contribution in [2.75, 3.05) is 52.9 Å². The molecule has 1 aliphatic rings. The topological polar surface area (TPSA) is 42.0 Å². The fourth-order valence-electron chi connectivity index (χ4n) is 2.77. The van der Waals surface area contributed by atoms with E-state index < -0.39 is 0 Å². The van der Waals surface area contributed by atoms with Crippen LogP contribution in [0.1, 0.15) is 16.8 Å². The number of amides is 1. The van der Waals surface area contributed by atoms with Crippen molar-refractivity contribution in [1.29, 1.82) is 0 Å². The number of carbonyl (C=O) groups is 1. The standard InChI is InChI=1S/C17H26N2O3S/c1-18(2)11-14-12-23-7-5-6-19(14)17(20)13-8-15(21-3)10-16(9-13)22-4/h8-10,14H,5-7,11-12H2,1-4H3/t14-/m0/s1. The van der Waals surface area contributed by atoms with Crippen LogP contribution in [0.25, 0.3) is 0 Å². The largest absolute Gasteiger partial charge is 0.497 e. The van der Waals surface area contributed by atoms with Gasteiger partial charge in [0, 0.05) is 30.5 Å². The van der Waals surface area contributed by atoms with Gasteiger partial charge < -0.3 is 19.3 Å². The first-order chi connectivity index (χ1) is 11.0. The van der Waals surface area contributed by atoms with Gasteiger partial charge in [0.15, 0.2) is 0 Å². The van der Waals surface area contributed by atoms with Gasteiger partial charge >= 0.3 is 0 Å². The van der Waals surface area contributed by atoms with Gasteiger partial charge in [-0.1, -0.05) is 0 Å². The van der Waals surface area contributed by atoms with Crippen LogP contribution in [0.3, 0.4) is 0 Å². The lowest BCUT2D eigenvalue weighted by molar-refractivity contribution is 0.0675. The van der Waals surface area contributed by atoms with Gasteiger partial charge in [-0.2, -0.15) is 11.8 Å². The Hall–Kier alpha value is -1.40. The van der Waals surface area contributed by atoms with E-state index in [2.05, 4.69) is 4.90 Å². The minimum absolute atomic E-state index is 0.0524. The molecule has 0 bridgehead atoms. The maximum Gasteiger partial charge on any atom is 0.254 e. The molecular formula is C17H26N2O3S. The number of likely N-dealkylation sites (N-methyl/N-ethyl adjacent to an activating group) is 1. The summed E-state index contributed by atoms with van der Waals surface area (Å²) in [6.45, 7) is 1.67. The van der Waals surface area contributed by atoms with Gasteiger partial charge in [0.2, 0.25) is 0 Å². The highest BCUT2D eigenvalue weighted by atomic mass is 32.2. The van der Waals surface area contributed by atoms with E-state index in [9.17, 15) is 4.79 Å². The second-order valence-electron chi connectivity index (χ2n) is 5.94. The molecule has 1 aromatic carbocycles. The Morgan fingerprint density at radius 1 is 1.26 bits per heavy atom. The number of rotatable bonds is 5. The van der Waals surface area contributed by atoms with Crippen LogP contribution >= 0.6 is 11.8 Å². The molecule has 1 aliphatic heterocycles. The SMILES string of the molecule is COc1cc(OC)cc(C(=O)N2CCCSC[C@@H]2CN(C)C)c1. The van der Waals surface area contributed by atoms with Crippen LogP contribution in [0, 0.1) is 0 Å². The zero-order chi connectivity index (χ0) is 16.8. The third-order valence-corrected chi connectivity index (χ3v) is 5.07. The lowest BCUT2D eigenvalue weighted by Gasteiger charge is -2.32. The summed E-state index contributed by atoms with van der Waals surface area (Å²) in [7, 11) is 7.29. The number of hydrogen-bond acceptors (Lipinski definition) is 5. The van der Waals surface area contributed by atoms with Crippen LogP contribution in [-0.4, -0.2) is 74.7 Å². The second kappa shape index (κ2) is 8.45. The molecule has 1 atom stereocenters. The average Bonchev–Trinajstić information content (AvgIpc) is 2.78. The van der Waals surface area contributed by atoms with Crippen molar-refractivity contribution < 1.29 is 14.3 Å². The van der Waals surface area contributed by atoms with Gasteiger partial charge in [-0.3, -0.25) is 4.79 Å². The summed E-state index contributed by atoms with van der Waals surface area (Å²) in [5, 5.41) is 0. The summed E-state index contributed by atoms with van der Waals surface area (Å²) in [5.41, 5.74) is 0.622. The van der Waals surface area contributed by atoms with Gasteiger partial charge in [0.1, 0.15) is 11.5 Å². The second-order valence-corrected chi connectivity index (χ2v) is 7.09. The van der Waals surface area contributed by atoms with E-state index in [1.165, 1.54) is 0 Å². The molecule has 0 spiro atoms. The molecule has 1 fully saturated rings. The van der Waals surface area contributed by atoms with Crippen LogP contribution in [0.2, 0.25) is 0 Å². The summed E-state index contributed by atoms with van der Waals surface area (Å²) >= 11 is 1.93. The molecule has 128 valence electrons. The predicted molar refractivity (Wildman–Crippen MR) is 94.9 cm³/mol. The van der Waals surface area contributed by atoms with Crippen molar-refractivity contribution in [1.82, 2.24) is 9.80 Å². The monoisotopic (exact) mass is 338 g/mol. The van der Waals surface area contributed by atoms with Crippen molar-refractivity contribution >= 4 is 17.7 Å². The number of hydrogen-bond donors (Lipinski definition) is 0. The molecule has 2 rings (SSSR count). The minimum atomic E-state index is 0.0524. The van der Waals surface area contributed by atoms with E-state index in [0.717, 1.165) is 31.0 Å². The van der Waals surface area contributed by atoms with E-state index in [1.54, 1.807) is 32.4 Å². The van der Waals surface area contributed by atoms with E-state index in [1.807, 2.05) is 30.8 Å². The smallest absolute Gasteiger partial charge is 0.254 e. The third-order valence-electron chi connectivity index (χ3n) is 3.87. The van der Waals surface area contributed by atoms with Crippen molar-refractivity contribution in [3.63, 3.8) is 0 Å². The molecule has 1 saturated heterocycles. The Labute approximate surface area is 142 Å². The number of benzene rings is 1. The highest BCUT2D eigenvalue weighted by Gasteiger charge is 2.27. The first-order valence-electron chi connectivity index (χ1n) is 7.81. The van der Waals surface area contributed by atoms with Crippen LogP contribution in [0.4, 0.5) is 0 Å². The molecular weight excluding hydrogens is 312 g/mol. The maximum atomic E-state index is 13.1. The van der Waals surface area contributed by atoms with Gasteiger partial charge in [-0.05, 0) is 38.4 Å². The fourth-order valence-corrected chi connectivity index (χ4v) is 3.82. The van der Waals surface area contributed by atoms with Crippen molar-refractivity contribution in [3.8, 4) is 11.5 Å². The van der Waals surface area contributed by atoms with Crippen molar-refractivity contribution in [2.45, 2.75) is 12.5 Å². The van der Waals surface area contributed by atoms with Crippen LogP contribution < -0.4 is 9.47 Å². The molecule has 1 aromatic rings. The van der Waals surface area contributed by atoms with E-state index in [-0.39, 0.29) is 11.9 Å². The molecule has 1 amide bonds. The number of carbonyl (C=O) groups excluding carboxylic acids is 1. The predicted octanol–water partition coefficient (Wildman–Crippen LogP) is 2.21. The summed E-state index contributed by atoms with van der Waals surface area (Å²) in [5.74, 6) is 3.42. The Morgan fingerprint density at radius 3 is 2.48 bits per heavy atom. The zero-order valence-electron chi connectivity index (χ0n) is 14.4. The van der Waals surface area contributed by atoms with Gasteiger partial charge in [0.25, 0.3) is 5.91 Å². The Morgan fingerprint density at radius 2 is 1.91 bits per heavy atom. The molecule has 0 unspecified atom stereocenters. The summed E-state index contributed by atoms with van der Waals surface area (Å²) in [6.07, 6.45) is 1.03. The van der Waals surface area contributed by atoms with E-state index in [4.69, 9.17) is 9.47 Å². The Bertz CT molecular complexity index is 514. The van der Waals surface area contributed by atoms with Crippen LogP contribution in [0.15, 0.2) is 18.2 Å². The lowest BCUT2D eigenvalue weighted by Crippen LogP contribution is -2.46. The number of thioether (sulfide) groups is 1. The number of methoxy groups -OCH3 is 2. The van der Waals surface area contributed by atoms with Crippen molar-refractivity contribution in [3.05, 3.63) is 23.8 Å². The molecule has 6 heteroatoms. The molecule has 23 heavy (non-hydrogen) atoms. The number of ether oxygens (including phenoxy) is 2. The van der Waals surface area contributed by atoms with Gasteiger partial charge in [-0.25, -0.2) is 0 Å². The highest BCUT2D eigenvalue weighted by Crippen LogP contribution is 2.25. The number of nitrogens with zero attached hydrogens (tertiary/aromatic N) is 2. The molecule has 0 aromatic heterocycles. The highest BCUT2D eigenvalue weighted by molar-refractivity contribution is 7.99. The summed E-state index contributed by atoms with van der Waals surface area (Å²) in [4.78, 5) is 17.2. The molecule has 0 aliphatic carbocycles. The van der Waals surface area contributed by atoms with Crippen LogP contribution in [-0.2, 0) is 0 Å². The van der Waals surface area contributed by atoms with Crippen molar-refractivity contribution in [2.24, 2.45) is 0 Å². The summed E-state index contributed by atoms with van der Waals surface area (Å²) in [6, 6.07) is 5.58. The first-order valence-corrected chi connectivity index (χ1v) is 8.97. The molecule has 0 saturated carbocycles. The van der Waals surface area contributed by atoms with Gasteiger partial charge in [-0.15, -0.1) is 0 Å². The third kappa shape index (κ3) is 4.78.